The summed E-state index contributed by atoms with van der Waals surface area (Å²) in [5.41, 5.74) is 3.97. The van der Waals surface area contributed by atoms with Crippen LogP contribution < -0.4 is 9.47 Å². The first kappa shape index (κ1) is 31.3. The smallest absolute Gasteiger partial charge is 0.305 e. The Bertz CT molecular complexity index is 1440. The highest BCUT2D eigenvalue weighted by Gasteiger charge is 2.56. The van der Waals surface area contributed by atoms with E-state index in [1.807, 2.05) is 54.3 Å². The normalized spacial score (nSPS) is 28.2. The molecule has 2 aromatic carbocycles. The Labute approximate surface area is 267 Å². The van der Waals surface area contributed by atoms with E-state index in [-0.39, 0.29) is 30.2 Å². The lowest BCUT2D eigenvalue weighted by Gasteiger charge is -2.50. The Hall–Kier alpha value is -3.74. The fraction of sp³-hybridized carbons (Fsp3) is 0.526. The maximum absolute atomic E-state index is 11.9. The number of carbonyl (C=O) groups excluding carboxylic acids is 2. The van der Waals surface area contributed by atoms with E-state index >= 15 is 0 Å². The molecule has 5 aliphatic rings. The average molecular weight is 614 g/mol. The number of fused-ring (bicyclic) bond motifs is 6. The molecule has 3 aliphatic carbocycles. The van der Waals surface area contributed by atoms with Gasteiger partial charge in [0.2, 0.25) is 12.7 Å². The van der Waals surface area contributed by atoms with Gasteiger partial charge in [0, 0.05) is 31.0 Å². The van der Waals surface area contributed by atoms with Crippen LogP contribution in [-0.4, -0.2) is 47.9 Å². The van der Waals surface area contributed by atoms with Gasteiger partial charge in [0.05, 0.1) is 0 Å². The van der Waals surface area contributed by atoms with Gasteiger partial charge in [-0.3, -0.25) is 9.59 Å². The second kappa shape index (κ2) is 13.7. The maximum Gasteiger partial charge on any atom is 0.305 e. The molecule has 2 aromatic rings. The minimum Gasteiger partial charge on any atom is -0.508 e. The van der Waals surface area contributed by atoms with Crippen LogP contribution in [0.3, 0.4) is 0 Å². The number of rotatable bonds is 5. The van der Waals surface area contributed by atoms with Crippen LogP contribution in [0.5, 0.6) is 17.2 Å². The summed E-state index contributed by atoms with van der Waals surface area (Å²) in [5.74, 6) is 3.97. The number of ether oxygens (including phenoxy) is 3. The van der Waals surface area contributed by atoms with E-state index in [1.54, 1.807) is 12.2 Å². The molecule has 45 heavy (non-hydrogen) atoms. The first-order valence-corrected chi connectivity index (χ1v) is 16.9. The summed E-state index contributed by atoms with van der Waals surface area (Å²) in [6.07, 6.45) is 18.1. The summed E-state index contributed by atoms with van der Waals surface area (Å²) in [4.78, 5) is 25.7. The van der Waals surface area contributed by atoms with Crippen LogP contribution in [0.4, 0.5) is 0 Å². The van der Waals surface area contributed by atoms with Crippen molar-refractivity contribution in [1.29, 1.82) is 0 Å². The zero-order chi connectivity index (χ0) is 31.4. The van der Waals surface area contributed by atoms with E-state index in [0.29, 0.717) is 29.9 Å². The molecule has 0 bridgehead atoms. The topological polar surface area (TPSA) is 85.3 Å². The molecule has 1 amide bonds. The molecule has 0 radical (unpaired) electrons. The molecule has 7 heteroatoms. The van der Waals surface area contributed by atoms with E-state index in [0.717, 1.165) is 62.3 Å². The van der Waals surface area contributed by atoms with Crippen molar-refractivity contribution in [3.05, 3.63) is 71.3 Å². The van der Waals surface area contributed by atoms with Gasteiger partial charge >= 0.3 is 5.97 Å². The van der Waals surface area contributed by atoms with E-state index < -0.39 is 0 Å². The van der Waals surface area contributed by atoms with E-state index in [2.05, 4.69) is 13.0 Å². The van der Waals surface area contributed by atoms with E-state index in [9.17, 15) is 14.7 Å². The Balaban J connectivity index is 0.000000160. The highest BCUT2D eigenvalue weighted by atomic mass is 16.7. The van der Waals surface area contributed by atoms with Gasteiger partial charge in [-0.1, -0.05) is 44.2 Å². The zero-order valence-corrected chi connectivity index (χ0v) is 26.7. The number of hydrogen-bond acceptors (Lipinski definition) is 6. The third kappa shape index (κ3) is 6.78. The lowest BCUT2D eigenvalue weighted by molar-refractivity contribution is -0.157. The largest absolute Gasteiger partial charge is 0.508 e. The number of aromatic hydroxyl groups is 1. The van der Waals surface area contributed by atoms with Crippen molar-refractivity contribution in [3.8, 4) is 17.2 Å². The van der Waals surface area contributed by atoms with Crippen molar-refractivity contribution in [2.24, 2.45) is 17.3 Å². The zero-order valence-electron chi connectivity index (χ0n) is 26.7. The van der Waals surface area contributed by atoms with Crippen molar-refractivity contribution in [2.45, 2.75) is 90.1 Å². The van der Waals surface area contributed by atoms with Gasteiger partial charge in [0.15, 0.2) is 11.5 Å². The Morgan fingerprint density at radius 1 is 1.00 bits per heavy atom. The molecule has 0 spiro atoms. The third-order valence-electron chi connectivity index (χ3n) is 10.9. The number of phenols is 1. The van der Waals surface area contributed by atoms with Gasteiger partial charge in [0.25, 0.3) is 0 Å². The van der Waals surface area contributed by atoms with Gasteiger partial charge in [-0.25, -0.2) is 0 Å². The molecule has 0 aromatic heterocycles. The predicted molar refractivity (Wildman–Crippen MR) is 174 cm³/mol. The maximum atomic E-state index is 11.9. The Kier molecular flexibility index (Phi) is 9.53. The number of hydrogen-bond donors (Lipinski definition) is 1. The number of piperidine rings is 1. The molecular weight excluding hydrogens is 566 g/mol. The number of aryl methyl sites for hydroxylation is 1. The minimum absolute atomic E-state index is 0.0477. The Morgan fingerprint density at radius 3 is 2.64 bits per heavy atom. The number of amides is 1. The highest BCUT2D eigenvalue weighted by Crippen LogP contribution is 2.61. The van der Waals surface area contributed by atoms with Crippen LogP contribution in [0.2, 0.25) is 0 Å². The monoisotopic (exact) mass is 613 g/mol. The van der Waals surface area contributed by atoms with Gasteiger partial charge in [0.1, 0.15) is 11.9 Å². The highest BCUT2D eigenvalue weighted by molar-refractivity contribution is 5.88. The molecule has 1 N–H and O–H groups in total. The van der Waals surface area contributed by atoms with Crippen molar-refractivity contribution in [3.63, 3.8) is 0 Å². The second-order valence-corrected chi connectivity index (χ2v) is 13.5. The van der Waals surface area contributed by atoms with Gasteiger partial charge in [-0.15, -0.1) is 0 Å². The summed E-state index contributed by atoms with van der Waals surface area (Å²) in [6.45, 7) is 6.29. The lowest BCUT2D eigenvalue weighted by Crippen LogP contribution is -2.45. The molecule has 1 saturated heterocycles. The number of allylic oxidation sites excluding steroid dienone is 2. The van der Waals surface area contributed by atoms with E-state index in [4.69, 9.17) is 14.2 Å². The summed E-state index contributed by atoms with van der Waals surface area (Å²) in [7, 11) is 0. The van der Waals surface area contributed by atoms with Gasteiger partial charge in [-0.2, -0.15) is 0 Å². The SMILES string of the molecule is CCC(=O)OC1CCC2C3CCc4cc(O)ccc4C3CCC12C.O=C(C=CC=Cc1ccc2c(c1)OCO2)N1CCCCC1. The van der Waals surface area contributed by atoms with Gasteiger partial charge in [-0.05, 0) is 116 Å². The number of esters is 1. The molecule has 2 aliphatic heterocycles. The number of nitrogens with zero attached hydrogens (tertiary/aromatic N) is 1. The van der Waals surface area contributed by atoms with Crippen LogP contribution in [0.1, 0.15) is 94.2 Å². The van der Waals surface area contributed by atoms with Crippen LogP contribution in [0.25, 0.3) is 6.08 Å². The van der Waals surface area contributed by atoms with Crippen LogP contribution in [0.15, 0.2) is 54.6 Å². The van der Waals surface area contributed by atoms with Gasteiger partial charge < -0.3 is 24.2 Å². The number of likely N-dealkylation sites (tertiary alicyclic amines) is 1. The van der Waals surface area contributed by atoms with Crippen molar-refractivity contribution >= 4 is 18.0 Å². The molecule has 5 unspecified atom stereocenters. The molecular formula is C38H47NO6. The molecule has 2 heterocycles. The van der Waals surface area contributed by atoms with Crippen molar-refractivity contribution < 1.29 is 28.9 Å². The summed E-state index contributed by atoms with van der Waals surface area (Å²) in [6, 6.07) is 11.7. The van der Waals surface area contributed by atoms with Crippen molar-refractivity contribution in [1.82, 2.24) is 4.90 Å². The first-order chi connectivity index (χ1) is 21.9. The summed E-state index contributed by atoms with van der Waals surface area (Å²) in [5, 5.41) is 9.77. The first-order valence-electron chi connectivity index (χ1n) is 16.9. The van der Waals surface area contributed by atoms with Crippen LogP contribution >= 0.6 is 0 Å². The van der Waals surface area contributed by atoms with Crippen molar-refractivity contribution in [2.75, 3.05) is 19.9 Å². The van der Waals surface area contributed by atoms with E-state index in [1.165, 1.54) is 36.8 Å². The predicted octanol–water partition coefficient (Wildman–Crippen LogP) is 7.57. The number of phenolic OH excluding ortho intramolecular Hbond substituents is 1. The summed E-state index contributed by atoms with van der Waals surface area (Å²) >= 11 is 0. The molecule has 2 saturated carbocycles. The van der Waals surface area contributed by atoms with Crippen LogP contribution in [0, 0.1) is 17.3 Å². The Morgan fingerprint density at radius 2 is 1.82 bits per heavy atom. The lowest BCUT2D eigenvalue weighted by atomic mass is 9.55. The molecule has 7 nitrogen and oxygen atoms in total. The van der Waals surface area contributed by atoms with Crippen LogP contribution in [-0.2, 0) is 20.7 Å². The number of carbonyl (C=O) groups is 2. The fourth-order valence-electron chi connectivity index (χ4n) is 8.50. The standard InChI is InChI=1S/C21H28O3.C17H19NO3/c1-3-20(23)24-19-9-8-18-17-6-4-13-12-14(22)5-7-15(13)16(17)10-11-21(18,19)2;19-17(18-10-4-1-5-11-18)7-3-2-6-14-8-9-15-16(12-14)21-13-20-15/h5,7,12,16-19,22H,3-4,6,8-11H2,1-2H3;2-3,6-9,12H,1,4-5,10-11,13H2. The third-order valence-corrected chi connectivity index (χ3v) is 10.9. The molecule has 3 fully saturated rings. The molecule has 240 valence electrons. The molecule has 7 rings (SSSR count). The minimum atomic E-state index is -0.0477. The quantitative estimate of drug-likeness (QED) is 0.213. The summed E-state index contributed by atoms with van der Waals surface area (Å²) < 4.78 is 16.4. The second-order valence-electron chi connectivity index (χ2n) is 13.5. The number of benzene rings is 2. The fourth-order valence-corrected chi connectivity index (χ4v) is 8.50. The molecule has 5 atom stereocenters. The average Bonchev–Trinajstić information content (AvgIpc) is 3.67.